The molecule has 5 amide bonds. The smallest absolute Gasteiger partial charge is 0.407 e. The quantitative estimate of drug-likeness (QED) is 0.391. The zero-order valence-corrected chi connectivity index (χ0v) is 25.6. The second kappa shape index (κ2) is 14.4. The third kappa shape index (κ3) is 10.5. The number of urea groups is 2. The third-order valence-electron chi connectivity index (χ3n) is 6.28. The largest absolute Gasteiger partial charge is 0.465 e. The van der Waals surface area contributed by atoms with Gasteiger partial charge in [0, 0.05) is 62.3 Å². The van der Waals surface area contributed by atoms with Crippen LogP contribution in [0.4, 0.5) is 14.4 Å². The van der Waals surface area contributed by atoms with E-state index >= 15 is 0 Å². The maximum absolute atomic E-state index is 13.1. The van der Waals surface area contributed by atoms with E-state index in [1.54, 1.807) is 43.2 Å². The van der Waals surface area contributed by atoms with Crippen LogP contribution in [0.3, 0.4) is 0 Å². The average Bonchev–Trinajstić information content (AvgIpc) is 3.21. The van der Waals surface area contributed by atoms with E-state index in [0.717, 1.165) is 23.0 Å². The molecule has 0 aromatic rings. The molecule has 2 unspecified atom stereocenters. The molecule has 13 heteroatoms. The Bertz CT molecular complexity index is 677. The number of nitrogens with one attached hydrogen (secondary N) is 2. The van der Waals surface area contributed by atoms with Gasteiger partial charge in [0.25, 0.3) is 0 Å². The number of carbonyl (C=O) groups is 3. The van der Waals surface area contributed by atoms with Crippen LogP contribution in [0.1, 0.15) is 41.5 Å². The Hall–Kier alpha value is -0.790. The number of amides is 5. The SMILES string of the molecule is CC(C)(C)C(CN(CC(NC(=O)N1CCSSCC1)C(C)(C)C)C(=O)O)NC(=O)N1CCSSCC1. The van der Waals surface area contributed by atoms with Gasteiger partial charge in [-0.1, -0.05) is 84.7 Å². The molecular formula is C23H43N5O4S4. The van der Waals surface area contributed by atoms with Gasteiger partial charge in [-0.25, -0.2) is 14.4 Å². The zero-order chi connectivity index (χ0) is 26.9. The lowest BCUT2D eigenvalue weighted by molar-refractivity contribution is 0.104. The van der Waals surface area contributed by atoms with Crippen LogP contribution in [0.5, 0.6) is 0 Å². The van der Waals surface area contributed by atoms with Crippen LogP contribution in [0.2, 0.25) is 0 Å². The number of rotatable bonds is 6. The maximum Gasteiger partial charge on any atom is 0.407 e. The molecule has 2 rings (SSSR count). The summed E-state index contributed by atoms with van der Waals surface area (Å²) >= 11 is 0. The van der Waals surface area contributed by atoms with Gasteiger partial charge in [-0.15, -0.1) is 0 Å². The minimum absolute atomic E-state index is 0.140. The molecule has 2 saturated heterocycles. The summed E-state index contributed by atoms with van der Waals surface area (Å²) in [5.74, 6) is 3.50. The molecule has 36 heavy (non-hydrogen) atoms. The fourth-order valence-corrected chi connectivity index (χ4v) is 7.64. The minimum Gasteiger partial charge on any atom is -0.465 e. The van der Waals surface area contributed by atoms with Gasteiger partial charge < -0.3 is 30.4 Å². The second-order valence-corrected chi connectivity index (χ2v) is 16.6. The van der Waals surface area contributed by atoms with E-state index in [9.17, 15) is 19.5 Å². The summed E-state index contributed by atoms with van der Waals surface area (Å²) in [5.41, 5.74) is -0.721. The summed E-state index contributed by atoms with van der Waals surface area (Å²) in [7, 11) is 7.08. The predicted octanol–water partition coefficient (Wildman–Crippen LogP) is 4.61. The fraction of sp³-hybridized carbons (Fsp3) is 0.870. The summed E-state index contributed by atoms with van der Waals surface area (Å²) in [6, 6.07) is -1.08. The fourth-order valence-electron chi connectivity index (χ4n) is 3.68. The van der Waals surface area contributed by atoms with Crippen LogP contribution in [0, 0.1) is 10.8 Å². The number of nitrogens with zero attached hydrogens (tertiary/aromatic N) is 3. The molecule has 2 fully saturated rings. The first kappa shape index (κ1) is 31.4. The normalized spacial score (nSPS) is 19.5. The molecule has 0 aromatic carbocycles. The van der Waals surface area contributed by atoms with E-state index in [2.05, 4.69) is 10.6 Å². The van der Waals surface area contributed by atoms with Crippen molar-refractivity contribution in [3.05, 3.63) is 0 Å². The lowest BCUT2D eigenvalue weighted by atomic mass is 9.84. The van der Waals surface area contributed by atoms with Crippen molar-refractivity contribution in [3.63, 3.8) is 0 Å². The van der Waals surface area contributed by atoms with Crippen molar-refractivity contribution in [2.45, 2.75) is 53.6 Å². The number of carbonyl (C=O) groups excluding carboxylic acids is 2. The van der Waals surface area contributed by atoms with Crippen molar-refractivity contribution in [2.24, 2.45) is 10.8 Å². The minimum atomic E-state index is -1.06. The summed E-state index contributed by atoms with van der Waals surface area (Å²) < 4.78 is 0. The highest BCUT2D eigenvalue weighted by Gasteiger charge is 2.35. The average molecular weight is 582 g/mol. The molecule has 2 atom stereocenters. The van der Waals surface area contributed by atoms with Crippen LogP contribution in [0.25, 0.3) is 0 Å². The molecule has 208 valence electrons. The van der Waals surface area contributed by atoms with Gasteiger partial charge in [0.05, 0.1) is 12.1 Å². The number of hydrogen-bond donors (Lipinski definition) is 3. The summed E-state index contributed by atoms with van der Waals surface area (Å²) in [6.07, 6.45) is -1.06. The lowest BCUT2D eigenvalue weighted by Gasteiger charge is -2.40. The molecule has 0 aliphatic carbocycles. The van der Waals surface area contributed by atoms with Crippen LogP contribution < -0.4 is 10.6 Å². The lowest BCUT2D eigenvalue weighted by Crippen LogP contribution is -2.59. The molecule has 0 spiro atoms. The van der Waals surface area contributed by atoms with Crippen molar-refractivity contribution in [1.29, 1.82) is 0 Å². The molecule has 9 nitrogen and oxygen atoms in total. The molecule has 2 heterocycles. The van der Waals surface area contributed by atoms with Crippen molar-refractivity contribution >= 4 is 61.3 Å². The first-order chi connectivity index (χ1) is 16.8. The molecule has 0 aromatic heterocycles. The van der Waals surface area contributed by atoms with Gasteiger partial charge in [0.2, 0.25) is 0 Å². The maximum atomic E-state index is 13.1. The molecule has 0 bridgehead atoms. The predicted molar refractivity (Wildman–Crippen MR) is 156 cm³/mol. The van der Waals surface area contributed by atoms with Crippen molar-refractivity contribution in [3.8, 4) is 0 Å². The number of hydrogen-bond acceptors (Lipinski definition) is 7. The Labute approximate surface area is 232 Å². The van der Waals surface area contributed by atoms with Gasteiger partial charge in [0.15, 0.2) is 0 Å². The van der Waals surface area contributed by atoms with Crippen LogP contribution in [-0.4, -0.2) is 112 Å². The molecule has 3 N–H and O–H groups in total. The van der Waals surface area contributed by atoms with Crippen molar-refractivity contribution in [1.82, 2.24) is 25.3 Å². The molecular weight excluding hydrogens is 539 g/mol. The first-order valence-corrected chi connectivity index (χ1v) is 17.3. The molecule has 2 aliphatic rings. The Morgan fingerprint density at radius 3 is 1.28 bits per heavy atom. The van der Waals surface area contributed by atoms with E-state index < -0.39 is 6.09 Å². The number of carboxylic acid groups (broad SMARTS) is 1. The first-order valence-electron chi connectivity index (χ1n) is 12.4. The topological polar surface area (TPSA) is 105 Å². The van der Waals surface area contributed by atoms with Crippen LogP contribution >= 0.6 is 43.2 Å². The van der Waals surface area contributed by atoms with E-state index in [1.165, 1.54) is 4.90 Å². The third-order valence-corrected chi connectivity index (χ3v) is 11.0. The van der Waals surface area contributed by atoms with Gasteiger partial charge in [-0.2, -0.15) is 0 Å². The molecule has 0 radical (unpaired) electrons. The van der Waals surface area contributed by atoms with Crippen LogP contribution in [0.15, 0.2) is 0 Å². The van der Waals surface area contributed by atoms with E-state index in [0.29, 0.717) is 26.2 Å². The molecule has 0 saturated carbocycles. The van der Waals surface area contributed by atoms with Gasteiger partial charge in [-0.3, -0.25) is 0 Å². The highest BCUT2D eigenvalue weighted by atomic mass is 33.1. The Morgan fingerprint density at radius 2 is 1.03 bits per heavy atom. The van der Waals surface area contributed by atoms with Crippen molar-refractivity contribution in [2.75, 3.05) is 62.3 Å². The van der Waals surface area contributed by atoms with Gasteiger partial charge in [0.1, 0.15) is 0 Å². The van der Waals surface area contributed by atoms with E-state index in [-0.39, 0.29) is 48.1 Å². The van der Waals surface area contributed by atoms with E-state index in [1.807, 2.05) is 51.3 Å². The van der Waals surface area contributed by atoms with Gasteiger partial charge >= 0.3 is 18.2 Å². The van der Waals surface area contributed by atoms with Crippen molar-refractivity contribution < 1.29 is 19.5 Å². The monoisotopic (exact) mass is 581 g/mol. The highest BCUT2D eigenvalue weighted by Crippen LogP contribution is 2.27. The summed E-state index contributed by atoms with van der Waals surface area (Å²) in [5, 5.41) is 16.3. The zero-order valence-electron chi connectivity index (χ0n) is 22.4. The Morgan fingerprint density at radius 1 is 0.722 bits per heavy atom. The standard InChI is InChI=1S/C23H43N5O4S4/c1-22(2,3)17(24-19(29)26-7-11-33-34-12-8-26)15-28(21(31)32)16-18(23(4,5)6)25-20(30)27-9-13-35-36-14-10-27/h17-18H,7-16H2,1-6H3,(H,24,29)(H,25,30)(H,31,32). The Balaban J connectivity index is 2.13. The second-order valence-electron chi connectivity index (χ2n) is 11.2. The molecule has 2 aliphatic heterocycles. The van der Waals surface area contributed by atoms with E-state index in [4.69, 9.17) is 0 Å². The van der Waals surface area contributed by atoms with Gasteiger partial charge in [-0.05, 0) is 10.8 Å². The summed E-state index contributed by atoms with van der Waals surface area (Å²) in [6.45, 7) is 15.0. The Kier molecular flexibility index (Phi) is 12.6. The highest BCUT2D eigenvalue weighted by molar-refractivity contribution is 8.77. The van der Waals surface area contributed by atoms with Crippen LogP contribution in [-0.2, 0) is 0 Å². The summed E-state index contributed by atoms with van der Waals surface area (Å²) in [4.78, 5) is 43.4.